The SMILES string of the molecule is Brc1cc(Br)cc(Br)c1.CCCCCCCCCC(=O)c1ccc2[nH]c3ccc(C)cc3c2c1.CCCCCCCCCC(=O)c1ccc2c(c1)c1cc(C)ccc1n2-c1cc(-n2c3ccc(C)cc3c3cc(C)ccc32)cc(-n2c3ccc(C(=O)CCCCCCCCC)cc3c3cc(C(=O)CCCCCCCCC)ccc32)c1. The number of aryl methyl sites for hydroxylation is 4. The summed E-state index contributed by atoms with van der Waals surface area (Å²) in [5.74, 6) is 0.820. The third-order valence-corrected chi connectivity index (χ3v) is 24.7. The molecular formula is C104H119Br3N4O4. The molecule has 0 bridgehead atoms. The number of aromatic amines is 1. The van der Waals surface area contributed by atoms with E-state index < -0.39 is 0 Å². The molecule has 0 aliphatic carbocycles. The van der Waals surface area contributed by atoms with Crippen molar-refractivity contribution in [3.8, 4) is 17.1 Å². The number of fused-ring (bicyclic) bond motifs is 12. The average Bonchev–Trinajstić information content (AvgIpc) is 1.57. The van der Waals surface area contributed by atoms with Gasteiger partial charge in [-0.2, -0.15) is 0 Å². The Kier molecular flexibility index (Phi) is 31.4. The predicted molar refractivity (Wildman–Crippen MR) is 502 cm³/mol. The molecule has 11 heteroatoms. The van der Waals surface area contributed by atoms with Crippen LogP contribution in [0.1, 0.15) is 297 Å². The Labute approximate surface area is 708 Å². The van der Waals surface area contributed by atoms with E-state index in [0.717, 1.165) is 174 Å². The fourth-order valence-corrected chi connectivity index (χ4v) is 19.4. The van der Waals surface area contributed by atoms with Crippen molar-refractivity contribution in [3.05, 3.63) is 240 Å². The molecule has 14 rings (SSSR count). The van der Waals surface area contributed by atoms with E-state index in [2.05, 4.69) is 255 Å². The van der Waals surface area contributed by atoms with Crippen molar-refractivity contribution >= 4 is 158 Å². The van der Waals surface area contributed by atoms with Gasteiger partial charge in [0.1, 0.15) is 0 Å². The number of Topliss-reactive ketones (excluding diaryl/α,β-unsaturated/α-hetero) is 4. The first-order valence-corrected chi connectivity index (χ1v) is 45.9. The van der Waals surface area contributed by atoms with Crippen molar-refractivity contribution in [1.82, 2.24) is 18.7 Å². The molecule has 0 aliphatic rings. The first-order valence-electron chi connectivity index (χ1n) is 43.5. The number of nitrogens with one attached hydrogen (secondary N) is 1. The molecule has 0 saturated carbocycles. The molecule has 0 spiro atoms. The molecule has 0 radical (unpaired) electrons. The molecule has 4 heterocycles. The van der Waals surface area contributed by atoms with Gasteiger partial charge >= 0.3 is 0 Å². The van der Waals surface area contributed by atoms with Crippen LogP contribution >= 0.6 is 47.8 Å². The lowest BCUT2D eigenvalue weighted by molar-refractivity contribution is 0.0971. The van der Waals surface area contributed by atoms with Crippen LogP contribution in [0.15, 0.2) is 195 Å². The minimum Gasteiger partial charge on any atom is -0.355 e. The molecular weight excluding hydrogens is 1610 g/mol. The fourth-order valence-electron chi connectivity index (χ4n) is 17.0. The van der Waals surface area contributed by atoms with Crippen molar-refractivity contribution < 1.29 is 19.2 Å². The molecule has 0 saturated heterocycles. The van der Waals surface area contributed by atoms with E-state index in [9.17, 15) is 19.2 Å². The smallest absolute Gasteiger partial charge is 0.162 e. The first kappa shape index (κ1) is 85.9. The minimum atomic E-state index is 0.169. The number of halogens is 3. The summed E-state index contributed by atoms with van der Waals surface area (Å²) in [5.41, 5.74) is 19.4. The van der Waals surface area contributed by atoms with Crippen LogP contribution in [0.3, 0.4) is 0 Å². The van der Waals surface area contributed by atoms with Gasteiger partial charge in [0.25, 0.3) is 0 Å². The van der Waals surface area contributed by atoms with Crippen LogP contribution in [0.2, 0.25) is 0 Å². The molecule has 8 nitrogen and oxygen atoms in total. The quantitative estimate of drug-likeness (QED) is 0.0306. The highest BCUT2D eigenvalue weighted by molar-refractivity contribution is 9.11. The second kappa shape index (κ2) is 42.1. The largest absolute Gasteiger partial charge is 0.355 e. The molecule has 115 heavy (non-hydrogen) atoms. The van der Waals surface area contributed by atoms with E-state index in [-0.39, 0.29) is 23.1 Å². The molecule has 14 aromatic rings. The number of unbranched alkanes of at least 4 members (excludes halogenated alkanes) is 24. The highest BCUT2D eigenvalue weighted by Gasteiger charge is 2.24. The van der Waals surface area contributed by atoms with Crippen LogP contribution < -0.4 is 0 Å². The number of hydrogen-bond acceptors (Lipinski definition) is 4. The zero-order valence-corrected chi connectivity index (χ0v) is 74.3. The molecule has 0 atom stereocenters. The maximum Gasteiger partial charge on any atom is 0.162 e. The van der Waals surface area contributed by atoms with E-state index in [0.29, 0.717) is 25.7 Å². The number of nitrogens with zero attached hydrogens (tertiary/aromatic N) is 3. The van der Waals surface area contributed by atoms with Gasteiger partial charge in [-0.15, -0.1) is 0 Å². The summed E-state index contributed by atoms with van der Waals surface area (Å²) < 4.78 is 10.4. The maximum absolute atomic E-state index is 14.2. The van der Waals surface area contributed by atoms with E-state index >= 15 is 0 Å². The molecule has 0 fully saturated rings. The Morgan fingerprint density at radius 3 is 0.739 bits per heavy atom. The summed E-state index contributed by atoms with van der Waals surface area (Å²) in [6.07, 6.45) is 35.4. The van der Waals surface area contributed by atoms with E-state index in [1.165, 1.54) is 168 Å². The van der Waals surface area contributed by atoms with Crippen molar-refractivity contribution in [2.75, 3.05) is 0 Å². The van der Waals surface area contributed by atoms with Gasteiger partial charge in [-0.25, -0.2) is 0 Å². The van der Waals surface area contributed by atoms with Crippen molar-refractivity contribution in [2.45, 2.75) is 261 Å². The lowest BCUT2D eigenvalue weighted by atomic mass is 9.99. The normalized spacial score (nSPS) is 11.6. The summed E-state index contributed by atoms with van der Waals surface area (Å²) in [6.45, 7) is 17.6. The monoisotopic (exact) mass is 1720 g/mol. The highest BCUT2D eigenvalue weighted by Crippen LogP contribution is 2.42. The number of carbonyl (C=O) groups is 4. The number of H-pyrrole nitrogens is 1. The molecule has 600 valence electrons. The number of ketones is 4. The van der Waals surface area contributed by atoms with Crippen molar-refractivity contribution in [3.63, 3.8) is 0 Å². The average molecular weight is 1730 g/mol. The van der Waals surface area contributed by atoms with Crippen molar-refractivity contribution in [1.29, 1.82) is 0 Å². The Morgan fingerprint density at radius 2 is 0.452 bits per heavy atom. The number of aromatic nitrogens is 4. The Balaban J connectivity index is 0.000000294. The summed E-state index contributed by atoms with van der Waals surface area (Å²) in [6, 6.07) is 64.6. The van der Waals surface area contributed by atoms with Crippen LogP contribution in [0.25, 0.3) is 104 Å². The second-order valence-electron chi connectivity index (χ2n) is 32.7. The number of benzene rings is 10. The fraction of sp³-hybridized carbons (Fsp3) is 0.385. The van der Waals surface area contributed by atoms with Crippen LogP contribution in [-0.4, -0.2) is 41.8 Å². The molecule has 4 aromatic heterocycles. The predicted octanol–water partition coefficient (Wildman–Crippen LogP) is 32.8. The van der Waals surface area contributed by atoms with E-state index in [4.69, 9.17) is 0 Å². The van der Waals surface area contributed by atoms with Gasteiger partial charge in [0.15, 0.2) is 23.1 Å². The van der Waals surface area contributed by atoms with Crippen LogP contribution in [-0.2, 0) is 0 Å². The Hall–Kier alpha value is -8.48. The molecule has 0 unspecified atom stereocenters. The maximum atomic E-state index is 14.2. The standard InChI is InChI=1S/C75H87N3O3.C23H29NO.C6H3Br3/c1-7-10-13-16-19-22-25-28-73(79)55-34-40-70-64(46-55)63-45-54(6)33-39-69(63)77(70)59-49-58(76-67-37-31-52(4)43-61(67)62-44-53(5)32-38-68(62)76)50-60(51-59)78-71-41-35-56(74(80)29-26-23-20-17-14-11-8-2)47-65(71)66-48-57(36-42-72(66)78)75(81)30-27-24-21-18-15-12-9-3;1-3-4-5-6-7-8-9-10-23(25)18-12-14-22-20(16-18)19-15-17(2)11-13-21(19)24-22;7-4-1-5(8)3-6(9)2-4/h31-51H,7-30H2,1-6H3;11-16,24H,3-10H2,1-2H3;1-3H. The first-order chi connectivity index (χ1) is 55.9. The van der Waals surface area contributed by atoms with Gasteiger partial charge in [0.05, 0.1) is 50.2 Å². The second-order valence-corrected chi connectivity index (χ2v) is 35.4. The van der Waals surface area contributed by atoms with Crippen molar-refractivity contribution in [2.24, 2.45) is 0 Å². The summed E-state index contributed by atoms with van der Waals surface area (Å²) in [7, 11) is 0. The number of hydrogen-bond donors (Lipinski definition) is 1. The topological polar surface area (TPSA) is 98.9 Å². The Bertz CT molecular complexity index is 5530. The zero-order valence-electron chi connectivity index (χ0n) is 69.6. The Morgan fingerprint density at radius 1 is 0.243 bits per heavy atom. The van der Waals surface area contributed by atoms with Crippen LogP contribution in [0.5, 0.6) is 0 Å². The number of carbonyl (C=O) groups excluding carboxylic acids is 4. The molecule has 1 N–H and O–H groups in total. The van der Waals surface area contributed by atoms with Gasteiger partial charge in [-0.3, -0.25) is 19.2 Å². The van der Waals surface area contributed by atoms with E-state index in [1.54, 1.807) is 0 Å². The van der Waals surface area contributed by atoms with Crippen LogP contribution in [0, 0.1) is 27.7 Å². The minimum absolute atomic E-state index is 0.169. The van der Waals surface area contributed by atoms with Crippen LogP contribution in [0.4, 0.5) is 0 Å². The third kappa shape index (κ3) is 21.8. The van der Waals surface area contributed by atoms with Gasteiger partial charge in [0, 0.05) is 115 Å². The third-order valence-electron chi connectivity index (χ3n) is 23.3. The van der Waals surface area contributed by atoms with Gasteiger partial charge < -0.3 is 18.7 Å². The molecule has 0 amide bonds. The van der Waals surface area contributed by atoms with Gasteiger partial charge in [0.2, 0.25) is 0 Å². The zero-order chi connectivity index (χ0) is 80.9. The summed E-state index contributed by atoms with van der Waals surface area (Å²) in [4.78, 5) is 58.3. The van der Waals surface area contributed by atoms with Gasteiger partial charge in [-0.1, -0.05) is 276 Å². The molecule has 0 aliphatic heterocycles. The molecule has 10 aromatic carbocycles. The lowest BCUT2D eigenvalue weighted by Gasteiger charge is -2.17. The summed E-state index contributed by atoms with van der Waals surface area (Å²) in [5, 5.41) is 8.90. The highest BCUT2D eigenvalue weighted by atomic mass is 79.9. The van der Waals surface area contributed by atoms with Gasteiger partial charge in [-0.05, 0) is 211 Å². The summed E-state index contributed by atoms with van der Waals surface area (Å²) >= 11 is 10.1. The number of rotatable bonds is 39. The lowest BCUT2D eigenvalue weighted by Crippen LogP contribution is -2.04. The van der Waals surface area contributed by atoms with E-state index in [1.807, 2.05) is 48.5 Å².